The predicted octanol–water partition coefficient (Wildman–Crippen LogP) is -0.0771. The van der Waals surface area contributed by atoms with Gasteiger partial charge < -0.3 is 4.74 Å². The minimum absolute atomic E-state index is 0.574. The molecule has 0 spiro atoms. The summed E-state index contributed by atoms with van der Waals surface area (Å²) in [5.74, 6) is 0. The predicted molar refractivity (Wildman–Crippen MR) is 67.1 cm³/mol. The van der Waals surface area contributed by atoms with Crippen LogP contribution in [0.5, 0.6) is 0 Å². The Kier molecular flexibility index (Phi) is 5.71. The van der Waals surface area contributed by atoms with Crippen LogP contribution in [0.2, 0.25) is 0 Å². The standard InChI is InChI=1S/C9H19Cl2N5O/c10-14-7-15(11)9-16(8-14)12-1-2-13-3-5-17-6-4-13/h12H,1-9H2. The van der Waals surface area contributed by atoms with E-state index in [0.717, 1.165) is 39.4 Å². The van der Waals surface area contributed by atoms with Crippen molar-refractivity contribution in [3.05, 3.63) is 0 Å². The van der Waals surface area contributed by atoms with E-state index in [9.17, 15) is 0 Å². The summed E-state index contributed by atoms with van der Waals surface area (Å²) in [6.45, 7) is 7.56. The number of nitrogens with one attached hydrogen (secondary N) is 1. The van der Waals surface area contributed by atoms with Crippen LogP contribution < -0.4 is 5.43 Å². The molecule has 0 unspecified atom stereocenters. The molecule has 6 nitrogen and oxygen atoms in total. The average Bonchev–Trinajstić information content (AvgIpc) is 2.29. The van der Waals surface area contributed by atoms with Gasteiger partial charge in [-0.3, -0.25) is 10.3 Å². The largest absolute Gasteiger partial charge is 0.379 e. The van der Waals surface area contributed by atoms with E-state index >= 15 is 0 Å². The summed E-state index contributed by atoms with van der Waals surface area (Å²) in [5, 5.41) is 2.00. The van der Waals surface area contributed by atoms with E-state index in [1.165, 1.54) is 0 Å². The van der Waals surface area contributed by atoms with Crippen LogP contribution >= 0.6 is 23.6 Å². The number of hydrazine groups is 1. The molecule has 100 valence electrons. The zero-order chi connectivity index (χ0) is 12.1. The van der Waals surface area contributed by atoms with Crippen LogP contribution in [-0.4, -0.2) is 78.1 Å². The molecule has 2 heterocycles. The Balaban J connectivity index is 1.60. The Labute approximate surface area is 112 Å². The van der Waals surface area contributed by atoms with Gasteiger partial charge in [0.15, 0.2) is 0 Å². The molecular formula is C9H19Cl2N5O. The van der Waals surface area contributed by atoms with Crippen LogP contribution in [0, 0.1) is 0 Å². The molecule has 8 heteroatoms. The maximum atomic E-state index is 5.93. The topological polar surface area (TPSA) is 34.2 Å². The molecule has 0 amide bonds. The van der Waals surface area contributed by atoms with Gasteiger partial charge in [0, 0.05) is 26.2 Å². The van der Waals surface area contributed by atoms with Crippen molar-refractivity contribution in [1.29, 1.82) is 0 Å². The molecule has 0 saturated carbocycles. The van der Waals surface area contributed by atoms with Crippen LogP contribution in [-0.2, 0) is 4.74 Å². The number of nitrogens with zero attached hydrogens (tertiary/aromatic N) is 4. The highest BCUT2D eigenvalue weighted by Gasteiger charge is 2.20. The second-order valence-corrected chi connectivity index (χ2v) is 5.21. The van der Waals surface area contributed by atoms with Gasteiger partial charge in [-0.05, 0) is 23.6 Å². The van der Waals surface area contributed by atoms with Gasteiger partial charge >= 0.3 is 0 Å². The monoisotopic (exact) mass is 283 g/mol. The van der Waals surface area contributed by atoms with Crippen molar-refractivity contribution in [3.63, 3.8) is 0 Å². The molecule has 2 rings (SSSR count). The van der Waals surface area contributed by atoms with Crippen LogP contribution in [0.3, 0.4) is 0 Å². The molecule has 0 radical (unpaired) electrons. The van der Waals surface area contributed by atoms with E-state index in [4.69, 9.17) is 28.3 Å². The second kappa shape index (κ2) is 7.06. The normalized spacial score (nSPS) is 26.5. The molecule has 0 atom stereocenters. The van der Waals surface area contributed by atoms with Crippen molar-refractivity contribution in [3.8, 4) is 0 Å². The van der Waals surface area contributed by atoms with E-state index in [2.05, 4.69) is 10.3 Å². The van der Waals surface area contributed by atoms with Crippen molar-refractivity contribution >= 4 is 23.6 Å². The molecule has 0 aliphatic carbocycles. The zero-order valence-corrected chi connectivity index (χ0v) is 11.3. The quantitative estimate of drug-likeness (QED) is 0.728. The molecule has 17 heavy (non-hydrogen) atoms. The van der Waals surface area contributed by atoms with Gasteiger partial charge in [0.25, 0.3) is 0 Å². The third-order valence-corrected chi connectivity index (χ3v) is 3.25. The molecular weight excluding hydrogens is 265 g/mol. The molecule has 2 aliphatic heterocycles. The smallest absolute Gasteiger partial charge is 0.0828 e. The second-order valence-electron chi connectivity index (χ2n) is 4.25. The Morgan fingerprint density at radius 3 is 2.29 bits per heavy atom. The fourth-order valence-electron chi connectivity index (χ4n) is 1.96. The first-order valence-electron chi connectivity index (χ1n) is 5.84. The lowest BCUT2D eigenvalue weighted by Crippen LogP contribution is -2.55. The SMILES string of the molecule is ClN1CN(Cl)CN(NCCN2CCOCC2)C1. The van der Waals surface area contributed by atoms with Gasteiger partial charge in [-0.15, -0.1) is 0 Å². The molecule has 0 aromatic carbocycles. The summed E-state index contributed by atoms with van der Waals surface area (Å²) in [4.78, 5) is 2.39. The average molecular weight is 284 g/mol. The number of ether oxygens (including phenoxy) is 1. The van der Waals surface area contributed by atoms with Crippen molar-refractivity contribution in [2.75, 3.05) is 59.4 Å². The zero-order valence-electron chi connectivity index (χ0n) is 9.82. The first-order valence-corrected chi connectivity index (χ1v) is 6.51. The third kappa shape index (κ3) is 4.84. The van der Waals surface area contributed by atoms with Crippen molar-refractivity contribution in [1.82, 2.24) is 24.2 Å². The summed E-state index contributed by atoms with van der Waals surface area (Å²) in [6, 6.07) is 0. The Hall–Kier alpha value is 0.340. The summed E-state index contributed by atoms with van der Waals surface area (Å²) in [7, 11) is 0. The minimum Gasteiger partial charge on any atom is -0.379 e. The summed E-state index contributed by atoms with van der Waals surface area (Å²) in [5.41, 5.74) is 3.33. The maximum Gasteiger partial charge on any atom is 0.0828 e. The van der Waals surface area contributed by atoms with Gasteiger partial charge in [0.1, 0.15) is 0 Å². The first-order chi connectivity index (χ1) is 8.24. The lowest BCUT2D eigenvalue weighted by molar-refractivity contribution is 0.0120. The Morgan fingerprint density at radius 2 is 1.65 bits per heavy atom. The lowest BCUT2D eigenvalue weighted by atomic mass is 10.4. The molecule has 2 saturated heterocycles. The molecule has 2 aliphatic rings. The number of hydrogen-bond acceptors (Lipinski definition) is 6. The van der Waals surface area contributed by atoms with Crippen molar-refractivity contribution in [2.24, 2.45) is 0 Å². The van der Waals surface area contributed by atoms with Crippen LogP contribution in [0.15, 0.2) is 0 Å². The molecule has 2 fully saturated rings. The van der Waals surface area contributed by atoms with Gasteiger partial charge in [-0.2, -0.15) is 8.84 Å². The van der Waals surface area contributed by atoms with Crippen LogP contribution in [0.25, 0.3) is 0 Å². The summed E-state index contributed by atoms with van der Waals surface area (Å²) >= 11 is 11.9. The Bertz CT molecular complexity index is 219. The van der Waals surface area contributed by atoms with E-state index in [-0.39, 0.29) is 0 Å². The lowest BCUT2D eigenvalue weighted by Gasteiger charge is -2.36. The van der Waals surface area contributed by atoms with Crippen molar-refractivity contribution in [2.45, 2.75) is 0 Å². The summed E-state index contributed by atoms with van der Waals surface area (Å²) in [6.07, 6.45) is 0. The Morgan fingerprint density at radius 1 is 1.00 bits per heavy atom. The molecule has 1 N–H and O–H groups in total. The van der Waals surface area contributed by atoms with Gasteiger partial charge in [-0.25, -0.2) is 5.01 Å². The van der Waals surface area contributed by atoms with Crippen LogP contribution in [0.1, 0.15) is 0 Å². The number of hydrogen-bond donors (Lipinski definition) is 1. The van der Waals surface area contributed by atoms with Gasteiger partial charge in [-0.1, -0.05) is 0 Å². The molecule has 0 aromatic rings. The maximum absolute atomic E-state index is 5.93. The van der Waals surface area contributed by atoms with Gasteiger partial charge in [0.05, 0.1) is 33.2 Å². The number of morpholine rings is 1. The van der Waals surface area contributed by atoms with E-state index in [1.54, 1.807) is 8.84 Å². The molecule has 0 aromatic heterocycles. The van der Waals surface area contributed by atoms with Crippen molar-refractivity contribution < 1.29 is 4.74 Å². The van der Waals surface area contributed by atoms with E-state index in [1.807, 2.05) is 5.01 Å². The van der Waals surface area contributed by atoms with E-state index < -0.39 is 0 Å². The molecule has 0 bridgehead atoms. The fourth-order valence-corrected chi connectivity index (χ4v) is 2.53. The van der Waals surface area contributed by atoms with Gasteiger partial charge in [0.2, 0.25) is 0 Å². The fraction of sp³-hybridized carbons (Fsp3) is 1.00. The number of rotatable bonds is 4. The highest BCUT2D eigenvalue weighted by atomic mass is 35.5. The summed E-state index contributed by atoms with van der Waals surface area (Å²) < 4.78 is 8.58. The van der Waals surface area contributed by atoms with Crippen LogP contribution in [0.4, 0.5) is 0 Å². The highest BCUT2D eigenvalue weighted by Crippen LogP contribution is 2.09. The van der Waals surface area contributed by atoms with E-state index in [0.29, 0.717) is 20.0 Å². The first kappa shape index (κ1) is 13.8. The highest BCUT2D eigenvalue weighted by molar-refractivity contribution is 6.15. The number of halogens is 2. The minimum atomic E-state index is 0.574. The third-order valence-electron chi connectivity index (χ3n) is 2.82.